The third-order valence-electron chi connectivity index (χ3n) is 5.72. The summed E-state index contributed by atoms with van der Waals surface area (Å²) in [5, 5.41) is 0. The molecule has 4 rings (SSSR count). The Hall–Kier alpha value is -2.62. The zero-order valence-corrected chi connectivity index (χ0v) is 15.2. The smallest absolute Gasteiger partial charge is 0.237 e. The van der Waals surface area contributed by atoms with E-state index in [2.05, 4.69) is 13.0 Å². The normalized spacial score (nSPS) is 22.5. The van der Waals surface area contributed by atoms with E-state index in [1.165, 1.54) is 10.5 Å². The van der Waals surface area contributed by atoms with Crippen LogP contribution in [0.4, 0.5) is 5.69 Å². The summed E-state index contributed by atoms with van der Waals surface area (Å²) in [6, 6.07) is 13.2. The van der Waals surface area contributed by atoms with Gasteiger partial charge >= 0.3 is 0 Å². The number of hydrogen-bond acceptors (Lipinski definition) is 3. The number of fused-ring (bicyclic) bond motifs is 1. The average molecular weight is 349 g/mol. The number of rotatable bonds is 3. The van der Waals surface area contributed by atoms with Crippen LogP contribution >= 0.6 is 0 Å². The lowest BCUT2D eigenvalue weighted by molar-refractivity contribution is -0.122. The van der Waals surface area contributed by atoms with E-state index in [0.717, 1.165) is 37.0 Å². The highest BCUT2D eigenvalue weighted by Crippen LogP contribution is 2.40. The van der Waals surface area contributed by atoms with Crippen LogP contribution in [-0.4, -0.2) is 11.8 Å². The van der Waals surface area contributed by atoms with Gasteiger partial charge < -0.3 is 4.74 Å². The predicted octanol–water partition coefficient (Wildman–Crippen LogP) is 4.78. The maximum atomic E-state index is 12.7. The second-order valence-corrected chi connectivity index (χ2v) is 7.30. The molecule has 2 aliphatic rings. The minimum atomic E-state index is -0.123. The molecule has 26 heavy (non-hydrogen) atoms. The number of ether oxygens (including phenoxy) is 1. The second kappa shape index (κ2) is 6.60. The Balaban J connectivity index is 1.55. The zero-order chi connectivity index (χ0) is 18.3. The molecule has 1 heterocycles. The molecule has 1 aliphatic heterocycles. The van der Waals surface area contributed by atoms with E-state index >= 15 is 0 Å². The van der Waals surface area contributed by atoms with Crippen molar-refractivity contribution >= 4 is 17.5 Å². The van der Waals surface area contributed by atoms with E-state index in [1.54, 1.807) is 12.1 Å². The topological polar surface area (TPSA) is 46.6 Å². The first kappa shape index (κ1) is 16.8. The fourth-order valence-electron chi connectivity index (χ4n) is 4.04. The Morgan fingerprint density at radius 1 is 0.885 bits per heavy atom. The van der Waals surface area contributed by atoms with Gasteiger partial charge in [-0.2, -0.15) is 0 Å². The molecule has 4 nitrogen and oxygen atoms in total. The van der Waals surface area contributed by atoms with Crippen LogP contribution < -0.4 is 9.64 Å². The molecule has 0 N–H and O–H groups in total. The van der Waals surface area contributed by atoms with Crippen molar-refractivity contribution in [3.63, 3.8) is 0 Å². The Morgan fingerprint density at radius 3 is 2.12 bits per heavy atom. The molecule has 0 spiro atoms. The summed E-state index contributed by atoms with van der Waals surface area (Å²) < 4.78 is 5.97. The number of anilines is 1. The minimum Gasteiger partial charge on any atom is -0.457 e. The summed E-state index contributed by atoms with van der Waals surface area (Å²) >= 11 is 0. The first-order valence-electron chi connectivity index (χ1n) is 9.28. The number of carbonyl (C=O) groups is 2. The number of aryl methyl sites for hydroxylation is 1. The maximum absolute atomic E-state index is 12.7. The third-order valence-corrected chi connectivity index (χ3v) is 5.72. The molecule has 0 radical (unpaired) electrons. The van der Waals surface area contributed by atoms with Crippen LogP contribution in [-0.2, 0) is 9.59 Å². The van der Waals surface area contributed by atoms with E-state index in [4.69, 9.17) is 4.74 Å². The van der Waals surface area contributed by atoms with Crippen LogP contribution in [0.1, 0.15) is 36.8 Å². The number of imide groups is 1. The molecule has 1 aliphatic carbocycles. The highest BCUT2D eigenvalue weighted by Gasteiger charge is 2.48. The molecule has 134 valence electrons. The van der Waals surface area contributed by atoms with Crippen molar-refractivity contribution in [3.05, 3.63) is 53.6 Å². The van der Waals surface area contributed by atoms with Gasteiger partial charge in [-0.3, -0.25) is 14.5 Å². The monoisotopic (exact) mass is 349 g/mol. The van der Waals surface area contributed by atoms with Crippen LogP contribution in [0.3, 0.4) is 0 Å². The fourth-order valence-corrected chi connectivity index (χ4v) is 4.04. The van der Waals surface area contributed by atoms with E-state index in [1.807, 2.05) is 31.2 Å². The fraction of sp³-hybridized carbons (Fsp3) is 0.364. The van der Waals surface area contributed by atoms with Crippen molar-refractivity contribution < 1.29 is 14.3 Å². The number of carbonyl (C=O) groups excluding carboxylic acids is 2. The lowest BCUT2D eigenvalue weighted by atomic mass is 9.81. The molecule has 0 aromatic heterocycles. The molecule has 4 heteroatoms. The number of amides is 2. The quantitative estimate of drug-likeness (QED) is 0.750. The lowest BCUT2D eigenvalue weighted by Gasteiger charge is -2.19. The molecule has 1 saturated carbocycles. The standard InChI is InChI=1S/C22H23NO3/c1-14-6-5-9-20(15(14)2)26-17-12-10-16(11-13-17)23-21(24)18-7-3-4-8-19(18)22(23)25/h5-6,9-13,18-19H,3-4,7-8H2,1-2H3. The first-order valence-corrected chi connectivity index (χ1v) is 9.28. The molecule has 2 atom stereocenters. The number of nitrogens with zero attached hydrogens (tertiary/aromatic N) is 1. The van der Waals surface area contributed by atoms with Gasteiger partial charge in [0.2, 0.25) is 11.8 Å². The van der Waals surface area contributed by atoms with E-state index in [-0.39, 0.29) is 23.7 Å². The van der Waals surface area contributed by atoms with Gasteiger partial charge in [0.1, 0.15) is 11.5 Å². The summed E-state index contributed by atoms with van der Waals surface area (Å²) in [6.45, 7) is 4.08. The molecular formula is C22H23NO3. The molecule has 2 aromatic carbocycles. The minimum absolute atomic E-state index is 0.0390. The zero-order valence-electron chi connectivity index (χ0n) is 15.2. The van der Waals surface area contributed by atoms with E-state index < -0.39 is 0 Å². The van der Waals surface area contributed by atoms with Crippen molar-refractivity contribution in [2.24, 2.45) is 11.8 Å². The Morgan fingerprint density at radius 2 is 1.50 bits per heavy atom. The van der Waals surface area contributed by atoms with Crippen molar-refractivity contribution in [1.29, 1.82) is 0 Å². The van der Waals surface area contributed by atoms with Crippen LogP contribution in [0.25, 0.3) is 0 Å². The summed E-state index contributed by atoms with van der Waals surface area (Å²) in [5.41, 5.74) is 2.92. The molecule has 2 amide bonds. The van der Waals surface area contributed by atoms with Crippen LogP contribution in [0, 0.1) is 25.7 Å². The molecule has 0 bridgehead atoms. The summed E-state index contributed by atoms with van der Waals surface area (Å²) in [6.07, 6.45) is 3.74. The number of benzene rings is 2. The summed E-state index contributed by atoms with van der Waals surface area (Å²) in [7, 11) is 0. The van der Waals surface area contributed by atoms with Crippen LogP contribution in [0.15, 0.2) is 42.5 Å². The number of hydrogen-bond donors (Lipinski definition) is 0. The maximum Gasteiger partial charge on any atom is 0.237 e. The van der Waals surface area contributed by atoms with E-state index in [9.17, 15) is 9.59 Å². The van der Waals surface area contributed by atoms with Crippen molar-refractivity contribution in [2.75, 3.05) is 4.90 Å². The molecule has 2 fully saturated rings. The van der Waals surface area contributed by atoms with E-state index in [0.29, 0.717) is 11.4 Å². The van der Waals surface area contributed by atoms with Gasteiger partial charge in [0.05, 0.1) is 17.5 Å². The van der Waals surface area contributed by atoms with Crippen LogP contribution in [0.2, 0.25) is 0 Å². The van der Waals surface area contributed by atoms with Gasteiger partial charge in [-0.25, -0.2) is 0 Å². The Bertz CT molecular complexity index is 832. The Labute approximate surface area is 153 Å². The second-order valence-electron chi connectivity index (χ2n) is 7.30. The van der Waals surface area contributed by atoms with Gasteiger partial charge in [0, 0.05) is 0 Å². The van der Waals surface area contributed by atoms with Crippen LogP contribution in [0.5, 0.6) is 11.5 Å². The van der Waals surface area contributed by atoms with Crippen molar-refractivity contribution in [1.82, 2.24) is 0 Å². The molecule has 2 aromatic rings. The molecular weight excluding hydrogens is 326 g/mol. The first-order chi connectivity index (χ1) is 12.6. The Kier molecular flexibility index (Phi) is 4.27. The molecule has 1 saturated heterocycles. The van der Waals surface area contributed by atoms with Crippen molar-refractivity contribution in [2.45, 2.75) is 39.5 Å². The van der Waals surface area contributed by atoms with Gasteiger partial charge in [0.25, 0.3) is 0 Å². The predicted molar refractivity (Wildman–Crippen MR) is 100 cm³/mol. The third kappa shape index (κ3) is 2.79. The van der Waals surface area contributed by atoms with Crippen molar-refractivity contribution in [3.8, 4) is 11.5 Å². The highest BCUT2D eigenvalue weighted by molar-refractivity contribution is 6.22. The lowest BCUT2D eigenvalue weighted by Crippen LogP contribution is -2.30. The average Bonchev–Trinajstić information content (AvgIpc) is 2.91. The van der Waals surface area contributed by atoms with Gasteiger partial charge in [-0.15, -0.1) is 0 Å². The summed E-state index contributed by atoms with van der Waals surface area (Å²) in [5.74, 6) is 1.19. The highest BCUT2D eigenvalue weighted by atomic mass is 16.5. The largest absolute Gasteiger partial charge is 0.457 e. The van der Waals surface area contributed by atoms with Gasteiger partial charge in [-0.1, -0.05) is 25.0 Å². The van der Waals surface area contributed by atoms with Gasteiger partial charge in [0.15, 0.2) is 0 Å². The van der Waals surface area contributed by atoms with Gasteiger partial charge in [-0.05, 0) is 68.1 Å². The molecule has 2 unspecified atom stereocenters. The summed E-state index contributed by atoms with van der Waals surface area (Å²) in [4.78, 5) is 26.7. The SMILES string of the molecule is Cc1cccc(Oc2ccc(N3C(=O)C4CCCCC4C3=O)cc2)c1C.